The van der Waals surface area contributed by atoms with Crippen LogP contribution in [0.1, 0.15) is 53.5 Å². The fourth-order valence-electron chi connectivity index (χ4n) is 2.95. The third-order valence-electron chi connectivity index (χ3n) is 4.38. The van der Waals surface area contributed by atoms with Crippen molar-refractivity contribution >= 4 is 11.7 Å². The minimum atomic E-state index is -0.182. The van der Waals surface area contributed by atoms with Gasteiger partial charge in [0, 0.05) is 11.8 Å². The van der Waals surface area contributed by atoms with Crippen molar-refractivity contribution in [3.05, 3.63) is 52.8 Å². The van der Waals surface area contributed by atoms with Gasteiger partial charge in [-0.3, -0.25) is 14.6 Å². The summed E-state index contributed by atoms with van der Waals surface area (Å²) in [6.45, 7) is 5.45. The summed E-state index contributed by atoms with van der Waals surface area (Å²) in [5.74, 6) is 0.631. The van der Waals surface area contributed by atoms with Gasteiger partial charge in [-0.2, -0.15) is 0 Å². The number of ether oxygens (including phenoxy) is 2. The molecular formula is C21H26N2O4. The third kappa shape index (κ3) is 5.06. The van der Waals surface area contributed by atoms with Crippen LogP contribution in [-0.2, 0) is 11.2 Å². The van der Waals surface area contributed by atoms with Gasteiger partial charge >= 0.3 is 0 Å². The number of Topliss-reactive ketones (excluding diaryl/α,β-unsaturated/α-hetero) is 1. The predicted octanol–water partition coefficient (Wildman–Crippen LogP) is 3.42. The van der Waals surface area contributed by atoms with Crippen molar-refractivity contribution < 1.29 is 19.1 Å². The molecule has 0 bridgehead atoms. The van der Waals surface area contributed by atoms with E-state index in [0.717, 1.165) is 11.3 Å². The van der Waals surface area contributed by atoms with E-state index in [1.807, 2.05) is 26.0 Å². The van der Waals surface area contributed by atoms with Crippen molar-refractivity contribution in [3.63, 3.8) is 0 Å². The predicted molar refractivity (Wildman–Crippen MR) is 103 cm³/mol. The third-order valence-corrected chi connectivity index (χ3v) is 4.38. The Balaban J connectivity index is 2.24. The van der Waals surface area contributed by atoms with Crippen molar-refractivity contribution in [3.8, 4) is 11.5 Å². The van der Waals surface area contributed by atoms with Crippen LogP contribution in [0.25, 0.3) is 0 Å². The highest BCUT2D eigenvalue weighted by Crippen LogP contribution is 2.31. The normalized spacial score (nSPS) is 11.6. The van der Waals surface area contributed by atoms with Gasteiger partial charge in [0.25, 0.3) is 0 Å². The van der Waals surface area contributed by atoms with E-state index in [1.165, 1.54) is 21.1 Å². The first-order valence-corrected chi connectivity index (χ1v) is 8.87. The molecular weight excluding hydrogens is 344 g/mol. The molecule has 1 aromatic carbocycles. The lowest BCUT2D eigenvalue weighted by Crippen LogP contribution is -2.30. The number of rotatable bonds is 8. The molecule has 27 heavy (non-hydrogen) atoms. The van der Waals surface area contributed by atoms with Gasteiger partial charge in [-0.15, -0.1) is 0 Å². The van der Waals surface area contributed by atoms with Crippen LogP contribution in [-0.4, -0.2) is 30.9 Å². The summed E-state index contributed by atoms with van der Waals surface area (Å²) < 4.78 is 10.6. The zero-order valence-electron chi connectivity index (χ0n) is 16.5. The number of aryl methyl sites for hydroxylation is 1. The minimum absolute atomic E-state index is 0.0670. The van der Waals surface area contributed by atoms with Crippen molar-refractivity contribution in [2.24, 2.45) is 0 Å². The van der Waals surface area contributed by atoms with Crippen LogP contribution < -0.4 is 14.8 Å². The molecule has 144 valence electrons. The van der Waals surface area contributed by atoms with E-state index >= 15 is 0 Å². The number of pyridine rings is 1. The first kappa shape index (κ1) is 20.4. The van der Waals surface area contributed by atoms with Gasteiger partial charge in [-0.25, -0.2) is 0 Å². The maximum absolute atomic E-state index is 12.6. The molecule has 0 aliphatic rings. The summed E-state index contributed by atoms with van der Waals surface area (Å²) in [5.41, 5.74) is 2.96. The van der Waals surface area contributed by atoms with Crippen LogP contribution in [0.2, 0.25) is 0 Å². The molecule has 6 heteroatoms. The van der Waals surface area contributed by atoms with E-state index in [1.54, 1.807) is 18.3 Å². The maximum Gasteiger partial charge on any atom is 0.224 e. The van der Waals surface area contributed by atoms with Gasteiger partial charge in [-0.05, 0) is 55.7 Å². The second-order valence-corrected chi connectivity index (χ2v) is 6.38. The van der Waals surface area contributed by atoms with Crippen LogP contribution in [0.4, 0.5) is 0 Å². The van der Waals surface area contributed by atoms with E-state index in [0.29, 0.717) is 29.0 Å². The van der Waals surface area contributed by atoms with Crippen LogP contribution >= 0.6 is 0 Å². The van der Waals surface area contributed by atoms with Crippen LogP contribution in [0.15, 0.2) is 30.5 Å². The number of ketones is 1. The Bertz CT molecular complexity index is 833. The average Bonchev–Trinajstić information content (AvgIpc) is 2.65. The van der Waals surface area contributed by atoms with Crippen molar-refractivity contribution in [1.82, 2.24) is 10.3 Å². The summed E-state index contributed by atoms with van der Waals surface area (Å²) in [6, 6.07) is 7.00. The first-order valence-electron chi connectivity index (χ1n) is 8.87. The summed E-state index contributed by atoms with van der Waals surface area (Å²) >= 11 is 0. The summed E-state index contributed by atoms with van der Waals surface area (Å²) in [4.78, 5) is 29.0. The Morgan fingerprint density at radius 2 is 1.81 bits per heavy atom. The molecule has 1 atom stereocenters. The number of carbonyl (C=O) groups excluding carboxylic acids is 2. The van der Waals surface area contributed by atoms with Crippen LogP contribution in [0, 0.1) is 6.92 Å². The SMILES string of the molecule is CCC(NC(=O)Cc1cc(OC)c(OC)cc1C(C)=O)c1cc(C)ccn1. The fourth-order valence-corrected chi connectivity index (χ4v) is 2.95. The van der Waals surface area contributed by atoms with E-state index in [9.17, 15) is 9.59 Å². The number of hydrogen-bond donors (Lipinski definition) is 1. The van der Waals surface area contributed by atoms with Crippen LogP contribution in [0.5, 0.6) is 11.5 Å². The molecule has 0 fully saturated rings. The Morgan fingerprint density at radius 1 is 1.15 bits per heavy atom. The number of methoxy groups -OCH3 is 2. The standard InChI is InChI=1S/C21H26N2O4/c1-6-17(18-9-13(2)7-8-22-18)23-21(25)11-15-10-19(26-4)20(27-5)12-16(15)14(3)24/h7-10,12,17H,6,11H2,1-5H3,(H,23,25). The molecule has 0 aliphatic heterocycles. The van der Waals surface area contributed by atoms with Gasteiger partial charge in [0.15, 0.2) is 17.3 Å². The molecule has 1 aromatic heterocycles. The number of amides is 1. The molecule has 0 saturated heterocycles. The molecule has 2 aromatic rings. The summed E-state index contributed by atoms with van der Waals surface area (Å²) in [6.07, 6.45) is 2.52. The number of benzene rings is 1. The van der Waals surface area contributed by atoms with Gasteiger partial charge in [-0.1, -0.05) is 6.92 Å². The Labute approximate surface area is 159 Å². The molecule has 6 nitrogen and oxygen atoms in total. The smallest absolute Gasteiger partial charge is 0.224 e. The molecule has 1 N–H and O–H groups in total. The summed E-state index contributed by atoms with van der Waals surface area (Å²) in [5, 5.41) is 3.01. The van der Waals surface area contributed by atoms with E-state index in [-0.39, 0.29) is 24.2 Å². The van der Waals surface area contributed by atoms with Crippen LogP contribution in [0.3, 0.4) is 0 Å². The molecule has 0 spiro atoms. The molecule has 1 amide bonds. The Morgan fingerprint density at radius 3 is 2.37 bits per heavy atom. The molecule has 0 radical (unpaired) electrons. The van der Waals surface area contributed by atoms with Gasteiger partial charge < -0.3 is 14.8 Å². The second kappa shape index (κ2) is 9.16. The number of nitrogens with one attached hydrogen (secondary N) is 1. The Hall–Kier alpha value is -2.89. The van der Waals surface area contributed by atoms with E-state index < -0.39 is 0 Å². The molecule has 1 heterocycles. The van der Waals surface area contributed by atoms with Crippen molar-refractivity contribution in [1.29, 1.82) is 0 Å². The highest BCUT2D eigenvalue weighted by Gasteiger charge is 2.19. The van der Waals surface area contributed by atoms with Gasteiger partial charge in [0.2, 0.25) is 5.91 Å². The topological polar surface area (TPSA) is 77.5 Å². The molecule has 1 unspecified atom stereocenters. The zero-order valence-corrected chi connectivity index (χ0v) is 16.5. The van der Waals surface area contributed by atoms with Gasteiger partial charge in [0.1, 0.15) is 0 Å². The monoisotopic (exact) mass is 370 g/mol. The number of hydrogen-bond acceptors (Lipinski definition) is 5. The zero-order chi connectivity index (χ0) is 20.0. The number of nitrogens with zero attached hydrogens (tertiary/aromatic N) is 1. The first-order chi connectivity index (χ1) is 12.9. The highest BCUT2D eigenvalue weighted by atomic mass is 16.5. The second-order valence-electron chi connectivity index (χ2n) is 6.38. The molecule has 0 aliphatic carbocycles. The van der Waals surface area contributed by atoms with Crippen molar-refractivity contribution in [2.45, 2.75) is 39.7 Å². The lowest BCUT2D eigenvalue weighted by molar-refractivity contribution is -0.121. The van der Waals surface area contributed by atoms with Crippen molar-refractivity contribution in [2.75, 3.05) is 14.2 Å². The lowest BCUT2D eigenvalue weighted by atomic mass is 9.99. The average molecular weight is 370 g/mol. The van der Waals surface area contributed by atoms with Gasteiger partial charge in [0.05, 0.1) is 32.4 Å². The fraction of sp³-hybridized carbons (Fsp3) is 0.381. The maximum atomic E-state index is 12.6. The van der Waals surface area contributed by atoms with E-state index in [4.69, 9.17) is 9.47 Å². The highest BCUT2D eigenvalue weighted by molar-refractivity contribution is 5.97. The lowest BCUT2D eigenvalue weighted by Gasteiger charge is -2.18. The Kier molecular flexibility index (Phi) is 6.93. The van der Waals surface area contributed by atoms with E-state index in [2.05, 4.69) is 10.3 Å². The number of aromatic nitrogens is 1. The molecule has 0 saturated carbocycles. The quantitative estimate of drug-likeness (QED) is 0.721. The minimum Gasteiger partial charge on any atom is -0.493 e. The molecule has 2 rings (SSSR count). The number of carbonyl (C=O) groups is 2. The summed E-state index contributed by atoms with van der Waals surface area (Å²) in [7, 11) is 3.03. The largest absolute Gasteiger partial charge is 0.493 e.